The standard InChI is InChI=1S/C17H19ClO3/c1-11-14(15(19)12-5-7-13(18)8-6-12)17(21-16(11)20)9-3-2-4-10-17/h5-8,15,19H,2-4,9-10H2,1H3/t15-/m0/s1. The number of esters is 1. The van der Waals surface area contributed by atoms with E-state index in [9.17, 15) is 9.90 Å². The van der Waals surface area contributed by atoms with Gasteiger partial charge in [0.05, 0.1) is 0 Å². The van der Waals surface area contributed by atoms with E-state index < -0.39 is 11.7 Å². The van der Waals surface area contributed by atoms with Gasteiger partial charge in [0, 0.05) is 16.2 Å². The zero-order valence-electron chi connectivity index (χ0n) is 12.1. The van der Waals surface area contributed by atoms with Gasteiger partial charge in [0.1, 0.15) is 11.7 Å². The van der Waals surface area contributed by atoms with Gasteiger partial charge < -0.3 is 9.84 Å². The van der Waals surface area contributed by atoms with Crippen LogP contribution in [0.15, 0.2) is 35.4 Å². The van der Waals surface area contributed by atoms with Crippen molar-refractivity contribution in [3.63, 3.8) is 0 Å². The van der Waals surface area contributed by atoms with Crippen LogP contribution >= 0.6 is 11.6 Å². The van der Waals surface area contributed by atoms with Crippen molar-refractivity contribution in [2.75, 3.05) is 0 Å². The highest BCUT2D eigenvalue weighted by molar-refractivity contribution is 6.30. The molecule has 0 unspecified atom stereocenters. The average molecular weight is 307 g/mol. The average Bonchev–Trinajstić information content (AvgIpc) is 2.71. The lowest BCUT2D eigenvalue weighted by atomic mass is 9.75. The van der Waals surface area contributed by atoms with Gasteiger partial charge in [-0.05, 0) is 50.3 Å². The summed E-state index contributed by atoms with van der Waals surface area (Å²) >= 11 is 5.90. The number of halogens is 1. The molecule has 0 amide bonds. The summed E-state index contributed by atoms with van der Waals surface area (Å²) in [6.45, 7) is 1.75. The van der Waals surface area contributed by atoms with E-state index in [0.717, 1.165) is 43.2 Å². The summed E-state index contributed by atoms with van der Waals surface area (Å²) in [4.78, 5) is 12.0. The van der Waals surface area contributed by atoms with E-state index in [4.69, 9.17) is 16.3 Å². The highest BCUT2D eigenvalue weighted by atomic mass is 35.5. The largest absolute Gasteiger partial charge is 0.451 e. The molecule has 0 saturated heterocycles. The number of carbonyl (C=O) groups excluding carboxylic acids is 1. The van der Waals surface area contributed by atoms with Gasteiger partial charge in [-0.3, -0.25) is 0 Å². The fraction of sp³-hybridized carbons (Fsp3) is 0.471. The van der Waals surface area contributed by atoms with Gasteiger partial charge in [0.25, 0.3) is 0 Å². The maximum absolute atomic E-state index is 12.0. The monoisotopic (exact) mass is 306 g/mol. The van der Waals surface area contributed by atoms with Crippen LogP contribution in [0, 0.1) is 0 Å². The van der Waals surface area contributed by atoms with Crippen LogP contribution in [0.3, 0.4) is 0 Å². The highest BCUT2D eigenvalue weighted by Gasteiger charge is 2.49. The van der Waals surface area contributed by atoms with Gasteiger partial charge >= 0.3 is 5.97 Å². The van der Waals surface area contributed by atoms with Crippen molar-refractivity contribution in [1.82, 2.24) is 0 Å². The Morgan fingerprint density at radius 3 is 2.43 bits per heavy atom. The van der Waals surface area contributed by atoms with Crippen LogP contribution in [0.25, 0.3) is 0 Å². The molecule has 1 N–H and O–H groups in total. The molecule has 1 aromatic carbocycles. The molecule has 3 rings (SSSR count). The topological polar surface area (TPSA) is 46.5 Å². The summed E-state index contributed by atoms with van der Waals surface area (Å²) in [5.41, 5.74) is 1.45. The van der Waals surface area contributed by atoms with Gasteiger partial charge in [-0.15, -0.1) is 0 Å². The first-order valence-corrected chi connectivity index (χ1v) is 7.79. The number of aliphatic hydroxyl groups excluding tert-OH is 1. The third kappa shape index (κ3) is 2.49. The fourth-order valence-corrected chi connectivity index (χ4v) is 3.65. The summed E-state index contributed by atoms with van der Waals surface area (Å²) < 4.78 is 5.68. The number of benzene rings is 1. The molecule has 3 nitrogen and oxygen atoms in total. The SMILES string of the molecule is CC1=C([C@@H](O)c2ccc(Cl)cc2)C2(CCCCC2)OC1=O. The summed E-state index contributed by atoms with van der Waals surface area (Å²) in [5, 5.41) is 11.4. The van der Waals surface area contributed by atoms with Crippen molar-refractivity contribution in [3.05, 3.63) is 46.0 Å². The van der Waals surface area contributed by atoms with E-state index in [1.807, 2.05) is 0 Å². The van der Waals surface area contributed by atoms with Crippen LogP contribution < -0.4 is 0 Å². The van der Waals surface area contributed by atoms with E-state index in [1.54, 1.807) is 31.2 Å². The zero-order valence-corrected chi connectivity index (χ0v) is 12.8. The first-order chi connectivity index (χ1) is 10.0. The molecule has 1 heterocycles. The summed E-state index contributed by atoms with van der Waals surface area (Å²) in [6, 6.07) is 7.10. The lowest BCUT2D eigenvalue weighted by Crippen LogP contribution is -2.36. The van der Waals surface area contributed by atoms with Crippen molar-refractivity contribution in [3.8, 4) is 0 Å². The second kappa shape index (κ2) is 5.47. The van der Waals surface area contributed by atoms with E-state index in [1.165, 1.54) is 0 Å². The number of hydrogen-bond donors (Lipinski definition) is 1. The van der Waals surface area contributed by atoms with E-state index in [0.29, 0.717) is 10.6 Å². The Morgan fingerprint density at radius 1 is 1.19 bits per heavy atom. The molecule has 1 aliphatic heterocycles. The molecule has 1 aromatic rings. The van der Waals surface area contributed by atoms with Crippen LogP contribution in [0.1, 0.15) is 50.7 Å². The highest BCUT2D eigenvalue weighted by Crippen LogP contribution is 2.48. The number of ether oxygens (including phenoxy) is 1. The number of hydrogen-bond acceptors (Lipinski definition) is 3. The van der Waals surface area contributed by atoms with Crippen LogP contribution in [0.4, 0.5) is 0 Å². The molecule has 2 aliphatic rings. The van der Waals surface area contributed by atoms with E-state index in [2.05, 4.69) is 0 Å². The minimum atomic E-state index is -0.813. The fourth-order valence-electron chi connectivity index (χ4n) is 3.52. The number of rotatable bonds is 2. The molecular weight excluding hydrogens is 288 g/mol. The van der Waals surface area contributed by atoms with Gasteiger partial charge in [0.2, 0.25) is 0 Å². The number of carbonyl (C=O) groups is 1. The van der Waals surface area contributed by atoms with Gasteiger partial charge in [-0.1, -0.05) is 30.2 Å². The van der Waals surface area contributed by atoms with Crippen molar-refractivity contribution in [1.29, 1.82) is 0 Å². The predicted molar refractivity (Wildman–Crippen MR) is 81.0 cm³/mol. The minimum Gasteiger partial charge on any atom is -0.451 e. The quantitative estimate of drug-likeness (QED) is 0.842. The van der Waals surface area contributed by atoms with Crippen molar-refractivity contribution < 1.29 is 14.6 Å². The lowest BCUT2D eigenvalue weighted by Gasteiger charge is -2.36. The maximum Gasteiger partial charge on any atom is 0.334 e. The van der Waals surface area contributed by atoms with Crippen molar-refractivity contribution in [2.45, 2.75) is 50.7 Å². The Hall–Kier alpha value is -1.32. The molecule has 1 fully saturated rings. The summed E-state index contributed by atoms with van der Waals surface area (Å²) in [7, 11) is 0. The molecule has 112 valence electrons. The van der Waals surface area contributed by atoms with E-state index >= 15 is 0 Å². The maximum atomic E-state index is 12.0. The molecule has 1 spiro atoms. The van der Waals surface area contributed by atoms with Crippen LogP contribution in [0.2, 0.25) is 5.02 Å². The Balaban J connectivity index is 2.00. The smallest absolute Gasteiger partial charge is 0.334 e. The third-order valence-corrected chi connectivity index (χ3v) is 4.86. The predicted octanol–water partition coefficient (Wildman–Crippen LogP) is 3.95. The van der Waals surface area contributed by atoms with Crippen LogP contribution in [-0.2, 0) is 9.53 Å². The molecule has 0 aromatic heterocycles. The van der Waals surface area contributed by atoms with Crippen molar-refractivity contribution in [2.24, 2.45) is 0 Å². The molecule has 1 atom stereocenters. The molecule has 0 bridgehead atoms. The molecular formula is C17H19ClO3. The van der Waals surface area contributed by atoms with Crippen LogP contribution in [0.5, 0.6) is 0 Å². The third-order valence-electron chi connectivity index (χ3n) is 4.61. The summed E-state index contributed by atoms with van der Waals surface area (Å²) in [6.07, 6.45) is 4.00. The van der Waals surface area contributed by atoms with Gasteiger partial charge in [0.15, 0.2) is 0 Å². The molecule has 1 saturated carbocycles. The Bertz CT molecular complexity index is 583. The minimum absolute atomic E-state index is 0.292. The Labute approximate surface area is 129 Å². The molecule has 0 radical (unpaired) electrons. The first-order valence-electron chi connectivity index (χ1n) is 7.42. The second-order valence-corrected chi connectivity index (χ2v) is 6.37. The zero-order chi connectivity index (χ0) is 15.0. The molecule has 4 heteroatoms. The van der Waals surface area contributed by atoms with E-state index in [-0.39, 0.29) is 5.97 Å². The second-order valence-electron chi connectivity index (χ2n) is 5.94. The number of aliphatic hydroxyl groups is 1. The van der Waals surface area contributed by atoms with Gasteiger partial charge in [-0.25, -0.2) is 4.79 Å². The van der Waals surface area contributed by atoms with Crippen LogP contribution in [-0.4, -0.2) is 16.7 Å². The lowest BCUT2D eigenvalue weighted by molar-refractivity contribution is -0.149. The molecule has 21 heavy (non-hydrogen) atoms. The summed E-state index contributed by atoms with van der Waals surface area (Å²) in [5.74, 6) is -0.292. The normalized spacial score (nSPS) is 22.5. The Morgan fingerprint density at radius 2 is 1.81 bits per heavy atom. The first kappa shape index (κ1) is 14.6. The molecule has 1 aliphatic carbocycles. The van der Waals surface area contributed by atoms with Crippen molar-refractivity contribution >= 4 is 17.6 Å². The Kier molecular flexibility index (Phi) is 3.80. The van der Waals surface area contributed by atoms with Gasteiger partial charge in [-0.2, -0.15) is 0 Å².